The number of nitrogens with one attached hydrogen (secondary N) is 1. The largest absolute Gasteiger partial charge is 0.433 e. The number of halogens is 3. The Kier molecular flexibility index (Phi) is 6.46. The predicted molar refractivity (Wildman–Crippen MR) is 130 cm³/mol. The maximum atomic E-state index is 13.0. The van der Waals surface area contributed by atoms with Crippen LogP contribution in [0.2, 0.25) is 0 Å². The number of nitrogens with zero attached hydrogens (tertiary/aromatic N) is 4. The average Bonchev–Trinajstić information content (AvgIpc) is 3.49. The van der Waals surface area contributed by atoms with E-state index in [1.807, 2.05) is 17.9 Å². The molecule has 0 bridgehead atoms. The number of hydrogen-bond acceptors (Lipinski definition) is 7. The van der Waals surface area contributed by atoms with Crippen LogP contribution in [0.25, 0.3) is 10.4 Å². The number of rotatable bonds is 5. The number of benzene rings is 1. The number of aromatic nitrogens is 3. The third-order valence-corrected chi connectivity index (χ3v) is 8.04. The van der Waals surface area contributed by atoms with Gasteiger partial charge in [0.2, 0.25) is 11.9 Å². The quantitative estimate of drug-likeness (QED) is 0.470. The van der Waals surface area contributed by atoms with E-state index in [9.17, 15) is 23.1 Å². The van der Waals surface area contributed by atoms with Crippen LogP contribution in [0, 0.1) is 6.92 Å². The van der Waals surface area contributed by atoms with Gasteiger partial charge in [0.15, 0.2) is 0 Å². The second-order valence-electron chi connectivity index (χ2n) is 9.46. The molecule has 1 aliphatic carbocycles. The van der Waals surface area contributed by atoms with Gasteiger partial charge in [-0.3, -0.25) is 4.79 Å². The molecule has 1 amide bonds. The Morgan fingerprint density at radius 3 is 2.67 bits per heavy atom. The smallest absolute Gasteiger partial charge is 0.383 e. The molecule has 0 unspecified atom stereocenters. The van der Waals surface area contributed by atoms with Crippen molar-refractivity contribution in [3.05, 3.63) is 52.9 Å². The lowest BCUT2D eigenvalue weighted by Crippen LogP contribution is -2.43. The van der Waals surface area contributed by atoms with Gasteiger partial charge in [0.25, 0.3) is 0 Å². The van der Waals surface area contributed by atoms with Crippen LogP contribution in [0.5, 0.6) is 0 Å². The highest BCUT2D eigenvalue weighted by Crippen LogP contribution is 2.43. The van der Waals surface area contributed by atoms with Crippen LogP contribution >= 0.6 is 11.3 Å². The van der Waals surface area contributed by atoms with Crippen LogP contribution in [0.1, 0.15) is 54.8 Å². The number of alkyl halides is 3. The maximum absolute atomic E-state index is 13.0. The van der Waals surface area contributed by atoms with Gasteiger partial charge in [-0.15, -0.1) is 11.3 Å². The highest BCUT2D eigenvalue weighted by Gasteiger charge is 2.40. The van der Waals surface area contributed by atoms with Crippen LogP contribution in [0.3, 0.4) is 0 Å². The third kappa shape index (κ3) is 5.08. The Morgan fingerprint density at radius 2 is 1.97 bits per heavy atom. The van der Waals surface area contributed by atoms with Crippen molar-refractivity contribution in [2.75, 3.05) is 11.9 Å². The molecule has 11 heteroatoms. The number of amides is 1. The van der Waals surface area contributed by atoms with Gasteiger partial charge in [-0.2, -0.15) is 13.2 Å². The molecular formula is C25H26F3N5O2S. The highest BCUT2D eigenvalue weighted by atomic mass is 32.1. The molecule has 3 aromatic rings. The minimum absolute atomic E-state index is 0.145. The first-order chi connectivity index (χ1) is 17.1. The molecule has 3 heterocycles. The lowest BCUT2D eigenvalue weighted by atomic mass is 9.82. The van der Waals surface area contributed by atoms with Crippen molar-refractivity contribution < 1.29 is 23.1 Å². The molecule has 0 spiro atoms. The summed E-state index contributed by atoms with van der Waals surface area (Å²) in [5.41, 5.74) is 0.226. The van der Waals surface area contributed by atoms with E-state index in [1.54, 1.807) is 18.3 Å². The first-order valence-electron chi connectivity index (χ1n) is 11.9. The minimum Gasteiger partial charge on any atom is -0.383 e. The number of likely N-dealkylation sites (tertiary alicyclic amines) is 1. The minimum atomic E-state index is -4.56. The van der Waals surface area contributed by atoms with Gasteiger partial charge in [-0.1, -0.05) is 6.07 Å². The molecule has 1 saturated heterocycles. The van der Waals surface area contributed by atoms with Crippen LogP contribution < -0.4 is 5.32 Å². The zero-order valence-electron chi connectivity index (χ0n) is 19.7. The first kappa shape index (κ1) is 24.6. The van der Waals surface area contributed by atoms with E-state index in [0.29, 0.717) is 30.0 Å². The lowest BCUT2D eigenvalue weighted by molar-refractivity contribution is -0.141. The van der Waals surface area contributed by atoms with Gasteiger partial charge in [0.1, 0.15) is 16.3 Å². The molecule has 5 rings (SSSR count). The molecule has 1 saturated carbocycles. The van der Waals surface area contributed by atoms with E-state index in [0.717, 1.165) is 54.1 Å². The molecule has 2 aliphatic rings. The fourth-order valence-electron chi connectivity index (χ4n) is 4.99. The second kappa shape index (κ2) is 9.44. The normalized spacial score (nSPS) is 22.8. The predicted octanol–water partition coefficient (Wildman–Crippen LogP) is 5.42. The standard InChI is InChI=1S/C25H26F3N5O2S/c1-15-11-16(13-17(12-15)31-23-29-9-6-20(32-23)25(26,27)28)19-14-30-22(36-19)24(35)7-4-18(5-8-24)33-10-2-3-21(33)34/h6,9,11-14,18,35H,2-5,7-8,10H2,1H3,(H,29,31,32)/t18-,24+. The Morgan fingerprint density at radius 1 is 1.19 bits per heavy atom. The van der Waals surface area contributed by atoms with E-state index in [2.05, 4.69) is 20.3 Å². The van der Waals surface area contributed by atoms with Gasteiger partial charge < -0.3 is 15.3 Å². The highest BCUT2D eigenvalue weighted by molar-refractivity contribution is 7.15. The topological polar surface area (TPSA) is 91.2 Å². The molecule has 0 radical (unpaired) electrons. The van der Waals surface area contributed by atoms with E-state index in [1.165, 1.54) is 11.3 Å². The summed E-state index contributed by atoms with van der Waals surface area (Å²) in [5, 5.41) is 14.8. The Hall–Kier alpha value is -3.05. The molecule has 1 aromatic carbocycles. The zero-order valence-corrected chi connectivity index (χ0v) is 20.5. The van der Waals surface area contributed by atoms with E-state index < -0.39 is 17.5 Å². The molecule has 36 heavy (non-hydrogen) atoms. The number of carbonyl (C=O) groups excluding carboxylic acids is 1. The summed E-state index contributed by atoms with van der Waals surface area (Å²) in [7, 11) is 0. The molecule has 1 aliphatic heterocycles. The van der Waals surface area contributed by atoms with Crippen molar-refractivity contribution >= 4 is 28.9 Å². The summed E-state index contributed by atoms with van der Waals surface area (Å²) >= 11 is 1.41. The summed E-state index contributed by atoms with van der Waals surface area (Å²) in [5.74, 6) is 0.0651. The second-order valence-corrected chi connectivity index (χ2v) is 10.5. The van der Waals surface area contributed by atoms with Crippen molar-refractivity contribution in [1.29, 1.82) is 0 Å². The molecule has 2 N–H and O–H groups in total. The monoisotopic (exact) mass is 517 g/mol. The van der Waals surface area contributed by atoms with E-state index >= 15 is 0 Å². The van der Waals surface area contributed by atoms with Crippen LogP contribution in [0.15, 0.2) is 36.7 Å². The van der Waals surface area contributed by atoms with Crippen molar-refractivity contribution in [3.63, 3.8) is 0 Å². The number of aliphatic hydroxyl groups is 1. The number of thiazole rings is 1. The molecule has 2 fully saturated rings. The number of aryl methyl sites for hydroxylation is 1. The summed E-state index contributed by atoms with van der Waals surface area (Å²) in [6, 6.07) is 6.56. The van der Waals surface area contributed by atoms with Crippen molar-refractivity contribution in [2.45, 2.75) is 63.3 Å². The molecular weight excluding hydrogens is 491 g/mol. The Labute approximate surface area is 210 Å². The van der Waals surface area contributed by atoms with Gasteiger partial charge in [0.05, 0.1) is 4.88 Å². The van der Waals surface area contributed by atoms with Crippen molar-refractivity contribution in [1.82, 2.24) is 19.9 Å². The van der Waals surface area contributed by atoms with Gasteiger partial charge in [-0.25, -0.2) is 15.0 Å². The number of anilines is 2. The van der Waals surface area contributed by atoms with Gasteiger partial charge in [0, 0.05) is 37.1 Å². The van der Waals surface area contributed by atoms with Crippen LogP contribution in [-0.4, -0.2) is 43.5 Å². The van der Waals surface area contributed by atoms with Crippen LogP contribution in [-0.2, 0) is 16.6 Å². The van der Waals surface area contributed by atoms with Crippen molar-refractivity contribution in [3.8, 4) is 10.4 Å². The number of hydrogen-bond donors (Lipinski definition) is 2. The summed E-state index contributed by atoms with van der Waals surface area (Å²) < 4.78 is 39.0. The van der Waals surface area contributed by atoms with Gasteiger partial charge >= 0.3 is 6.18 Å². The van der Waals surface area contributed by atoms with Crippen molar-refractivity contribution in [2.24, 2.45) is 0 Å². The molecule has 2 aromatic heterocycles. The third-order valence-electron chi connectivity index (χ3n) is 6.80. The maximum Gasteiger partial charge on any atom is 0.433 e. The molecule has 0 atom stereocenters. The average molecular weight is 518 g/mol. The summed E-state index contributed by atoms with van der Waals surface area (Å²) in [4.78, 5) is 26.9. The zero-order chi connectivity index (χ0) is 25.5. The first-order valence-corrected chi connectivity index (χ1v) is 12.7. The summed E-state index contributed by atoms with van der Waals surface area (Å²) in [6.07, 6.45) is 2.32. The SMILES string of the molecule is Cc1cc(Nc2nccc(C(F)(F)F)n2)cc(-c2cnc([C@]3(O)CC[C@@H](N4CCCC4=O)CC3)s2)c1. The fraction of sp³-hybridized carbons (Fsp3) is 0.440. The molecule has 190 valence electrons. The number of carbonyl (C=O) groups is 1. The van der Waals surface area contributed by atoms with E-state index in [4.69, 9.17) is 0 Å². The lowest BCUT2D eigenvalue weighted by Gasteiger charge is -2.38. The van der Waals surface area contributed by atoms with Gasteiger partial charge in [-0.05, 0) is 68.4 Å². The fourth-order valence-corrected chi connectivity index (χ4v) is 6.04. The Balaban J connectivity index is 1.32. The molecule has 7 nitrogen and oxygen atoms in total. The van der Waals surface area contributed by atoms with Crippen LogP contribution in [0.4, 0.5) is 24.8 Å². The summed E-state index contributed by atoms with van der Waals surface area (Å²) in [6.45, 7) is 2.69. The van der Waals surface area contributed by atoms with E-state index in [-0.39, 0.29) is 17.9 Å². The Bertz CT molecular complexity index is 1270.